The van der Waals surface area contributed by atoms with Crippen molar-refractivity contribution in [2.24, 2.45) is 11.8 Å². The fourth-order valence-electron chi connectivity index (χ4n) is 2.31. The van der Waals surface area contributed by atoms with Crippen molar-refractivity contribution in [1.29, 1.82) is 0 Å². The molecule has 1 aromatic carbocycles. The fraction of sp³-hybridized carbons (Fsp3) is 0.429. The Labute approximate surface area is 129 Å². The maximum absolute atomic E-state index is 13.6. The van der Waals surface area contributed by atoms with E-state index in [0.29, 0.717) is 11.0 Å². The molecule has 1 saturated heterocycles. The quantitative estimate of drug-likeness (QED) is 0.894. The molecule has 0 radical (unpaired) electrons. The Morgan fingerprint density at radius 1 is 1.48 bits per heavy atom. The molecule has 2 atom stereocenters. The van der Waals surface area contributed by atoms with Crippen molar-refractivity contribution in [1.82, 2.24) is 4.90 Å². The predicted octanol–water partition coefficient (Wildman–Crippen LogP) is 2.15. The minimum atomic E-state index is -0.905. The number of carbonyl (C=O) groups excluding carboxylic acids is 1. The lowest BCUT2D eigenvalue weighted by Crippen LogP contribution is -2.34. The van der Waals surface area contributed by atoms with E-state index < -0.39 is 17.7 Å². The summed E-state index contributed by atoms with van der Waals surface area (Å²) < 4.78 is 19.3. The first-order valence-corrected chi connectivity index (χ1v) is 7.26. The van der Waals surface area contributed by atoms with Crippen molar-refractivity contribution in [2.75, 3.05) is 19.7 Å². The zero-order valence-electron chi connectivity index (χ0n) is 11.4. The first-order valence-electron chi connectivity index (χ1n) is 6.47. The average molecular weight is 360 g/mol. The van der Waals surface area contributed by atoms with Gasteiger partial charge in [0.05, 0.1) is 5.92 Å². The number of halogens is 2. The van der Waals surface area contributed by atoms with Gasteiger partial charge in [-0.25, -0.2) is 4.39 Å². The van der Waals surface area contributed by atoms with Crippen molar-refractivity contribution >= 4 is 27.8 Å². The SMILES string of the molecule is C[C@@H]1CN(C(=O)COc2ccc(Br)cc2F)C[C@H]1C(=O)O. The normalized spacial score (nSPS) is 21.4. The first kappa shape index (κ1) is 15.8. The molecule has 0 aromatic heterocycles. The van der Waals surface area contributed by atoms with Crippen LogP contribution >= 0.6 is 15.9 Å². The topological polar surface area (TPSA) is 66.8 Å². The molecule has 1 aromatic rings. The van der Waals surface area contributed by atoms with Crippen molar-refractivity contribution in [3.05, 3.63) is 28.5 Å². The second kappa shape index (κ2) is 6.43. The van der Waals surface area contributed by atoms with Gasteiger partial charge in [0, 0.05) is 17.6 Å². The van der Waals surface area contributed by atoms with Gasteiger partial charge in [0.2, 0.25) is 0 Å². The minimum Gasteiger partial charge on any atom is -0.481 e. The molecule has 0 saturated carbocycles. The Balaban J connectivity index is 1.92. The second-order valence-corrected chi connectivity index (χ2v) is 6.00. The van der Waals surface area contributed by atoms with E-state index in [1.807, 2.05) is 0 Å². The summed E-state index contributed by atoms with van der Waals surface area (Å²) in [7, 11) is 0. The maximum Gasteiger partial charge on any atom is 0.308 e. The number of aliphatic carboxylic acids is 1. The van der Waals surface area contributed by atoms with Crippen molar-refractivity contribution < 1.29 is 23.8 Å². The van der Waals surface area contributed by atoms with Crippen LogP contribution in [0.2, 0.25) is 0 Å². The van der Waals surface area contributed by atoms with Crippen LogP contribution in [0.25, 0.3) is 0 Å². The summed E-state index contributed by atoms with van der Waals surface area (Å²) in [6.07, 6.45) is 0. The van der Waals surface area contributed by atoms with Gasteiger partial charge < -0.3 is 14.7 Å². The highest BCUT2D eigenvalue weighted by atomic mass is 79.9. The van der Waals surface area contributed by atoms with Crippen molar-refractivity contribution in [3.63, 3.8) is 0 Å². The fourth-order valence-corrected chi connectivity index (χ4v) is 2.65. The molecule has 0 spiro atoms. The Morgan fingerprint density at radius 2 is 2.19 bits per heavy atom. The summed E-state index contributed by atoms with van der Waals surface area (Å²) in [5.41, 5.74) is 0. The van der Waals surface area contributed by atoms with E-state index in [-0.39, 0.29) is 30.7 Å². The van der Waals surface area contributed by atoms with Crippen LogP contribution in [-0.4, -0.2) is 41.6 Å². The molecule has 0 aliphatic carbocycles. The third-order valence-electron chi connectivity index (χ3n) is 3.53. The molecule has 0 bridgehead atoms. The number of hydrogen-bond acceptors (Lipinski definition) is 3. The molecule has 1 aliphatic heterocycles. The average Bonchev–Trinajstić information content (AvgIpc) is 2.80. The summed E-state index contributed by atoms with van der Waals surface area (Å²) in [5, 5.41) is 9.03. The zero-order valence-corrected chi connectivity index (χ0v) is 13.0. The lowest BCUT2D eigenvalue weighted by molar-refractivity contribution is -0.142. The highest BCUT2D eigenvalue weighted by Crippen LogP contribution is 2.24. The van der Waals surface area contributed by atoms with Crippen LogP contribution in [0.1, 0.15) is 6.92 Å². The van der Waals surface area contributed by atoms with E-state index in [4.69, 9.17) is 9.84 Å². The molecule has 1 N–H and O–H groups in total. The van der Waals surface area contributed by atoms with Gasteiger partial charge in [-0.2, -0.15) is 0 Å². The van der Waals surface area contributed by atoms with Crippen molar-refractivity contribution in [2.45, 2.75) is 6.92 Å². The van der Waals surface area contributed by atoms with Crippen LogP contribution < -0.4 is 4.74 Å². The van der Waals surface area contributed by atoms with Gasteiger partial charge in [-0.3, -0.25) is 9.59 Å². The number of hydrogen-bond donors (Lipinski definition) is 1. The zero-order chi connectivity index (χ0) is 15.6. The molecule has 5 nitrogen and oxygen atoms in total. The number of carbonyl (C=O) groups is 2. The third-order valence-corrected chi connectivity index (χ3v) is 4.02. The number of nitrogens with zero attached hydrogens (tertiary/aromatic N) is 1. The summed E-state index contributed by atoms with van der Waals surface area (Å²) in [6.45, 7) is 2.03. The number of amides is 1. The van der Waals surface area contributed by atoms with Gasteiger partial charge in [0.15, 0.2) is 18.2 Å². The van der Waals surface area contributed by atoms with E-state index in [9.17, 15) is 14.0 Å². The molecule has 2 rings (SSSR count). The Morgan fingerprint density at radius 3 is 2.76 bits per heavy atom. The second-order valence-electron chi connectivity index (χ2n) is 5.08. The summed E-state index contributed by atoms with van der Waals surface area (Å²) in [4.78, 5) is 24.4. The predicted molar refractivity (Wildman–Crippen MR) is 76.5 cm³/mol. The van der Waals surface area contributed by atoms with Gasteiger partial charge in [0.1, 0.15) is 0 Å². The lowest BCUT2D eigenvalue weighted by Gasteiger charge is -2.16. The molecule has 7 heteroatoms. The number of carboxylic acid groups (broad SMARTS) is 1. The van der Waals surface area contributed by atoms with Crippen LogP contribution in [0, 0.1) is 17.7 Å². The number of rotatable bonds is 4. The van der Waals surface area contributed by atoms with Crippen LogP contribution in [0.3, 0.4) is 0 Å². The molecule has 1 amide bonds. The van der Waals surface area contributed by atoms with Gasteiger partial charge in [-0.1, -0.05) is 22.9 Å². The highest BCUT2D eigenvalue weighted by molar-refractivity contribution is 9.10. The Kier molecular flexibility index (Phi) is 4.82. The molecule has 21 heavy (non-hydrogen) atoms. The highest BCUT2D eigenvalue weighted by Gasteiger charge is 2.36. The standard InChI is InChI=1S/C14H15BrFNO4/c1-8-5-17(6-10(8)14(19)20)13(18)7-21-12-3-2-9(15)4-11(12)16/h2-4,8,10H,5-7H2,1H3,(H,19,20)/t8-,10-/m1/s1. The van der Waals surface area contributed by atoms with Crippen LogP contribution in [0.5, 0.6) is 5.75 Å². The van der Waals surface area contributed by atoms with E-state index in [1.165, 1.54) is 17.0 Å². The van der Waals surface area contributed by atoms with E-state index in [2.05, 4.69) is 15.9 Å². The number of likely N-dealkylation sites (tertiary alicyclic amines) is 1. The summed E-state index contributed by atoms with van der Waals surface area (Å²) >= 11 is 3.13. The van der Waals surface area contributed by atoms with E-state index in [1.54, 1.807) is 13.0 Å². The molecule has 1 aliphatic rings. The van der Waals surface area contributed by atoms with Crippen LogP contribution in [0.4, 0.5) is 4.39 Å². The monoisotopic (exact) mass is 359 g/mol. The van der Waals surface area contributed by atoms with E-state index in [0.717, 1.165) is 0 Å². The lowest BCUT2D eigenvalue weighted by atomic mass is 9.99. The molecule has 114 valence electrons. The molecule has 0 unspecified atom stereocenters. The summed E-state index contributed by atoms with van der Waals surface area (Å²) in [5.74, 6) is -2.47. The maximum atomic E-state index is 13.6. The smallest absolute Gasteiger partial charge is 0.308 e. The minimum absolute atomic E-state index is 0.00594. The first-order chi connectivity index (χ1) is 9.88. The van der Waals surface area contributed by atoms with Gasteiger partial charge in [0.25, 0.3) is 5.91 Å². The van der Waals surface area contributed by atoms with Crippen LogP contribution in [-0.2, 0) is 9.59 Å². The van der Waals surface area contributed by atoms with Gasteiger partial charge >= 0.3 is 5.97 Å². The molecule has 1 fully saturated rings. The van der Waals surface area contributed by atoms with Gasteiger partial charge in [-0.05, 0) is 24.1 Å². The Bertz CT molecular complexity index is 566. The molecular weight excluding hydrogens is 345 g/mol. The van der Waals surface area contributed by atoms with Crippen molar-refractivity contribution in [3.8, 4) is 5.75 Å². The van der Waals surface area contributed by atoms with Gasteiger partial charge in [-0.15, -0.1) is 0 Å². The molecule has 1 heterocycles. The van der Waals surface area contributed by atoms with E-state index >= 15 is 0 Å². The number of ether oxygens (including phenoxy) is 1. The third kappa shape index (κ3) is 3.72. The largest absolute Gasteiger partial charge is 0.481 e. The number of carboxylic acids is 1. The molecular formula is C14H15BrFNO4. The Hall–Kier alpha value is -1.63. The number of benzene rings is 1. The summed E-state index contributed by atoms with van der Waals surface area (Å²) in [6, 6.07) is 4.29. The van der Waals surface area contributed by atoms with Crippen LogP contribution in [0.15, 0.2) is 22.7 Å².